The molecule has 2 aliphatic rings. The van der Waals surface area contributed by atoms with E-state index in [1.165, 1.54) is 32.1 Å². The topological polar surface area (TPSA) is 20.3 Å². The Morgan fingerprint density at radius 3 is 2.50 bits per heavy atom. The van der Waals surface area contributed by atoms with Gasteiger partial charge >= 0.3 is 0 Å². The van der Waals surface area contributed by atoms with Crippen LogP contribution in [0.15, 0.2) is 0 Å². The minimum Gasteiger partial charge on any atom is -0.342 e. The normalized spacial score (nSPS) is 30.7. The Morgan fingerprint density at radius 2 is 1.85 bits per heavy atom. The van der Waals surface area contributed by atoms with E-state index in [1.807, 2.05) is 0 Å². The largest absolute Gasteiger partial charge is 0.342 e. The zero-order valence-electron chi connectivity index (χ0n) is 13.0. The summed E-state index contributed by atoms with van der Waals surface area (Å²) in [5.74, 6) is 3.03. The van der Waals surface area contributed by atoms with Crippen molar-refractivity contribution in [2.75, 3.05) is 19.0 Å². The van der Waals surface area contributed by atoms with Crippen molar-refractivity contribution in [3.05, 3.63) is 0 Å². The molecule has 2 nitrogen and oxygen atoms in total. The Kier molecular flexibility index (Phi) is 6.67. The molecule has 1 saturated heterocycles. The molecule has 1 aliphatic heterocycles. The second-order valence-corrected chi connectivity index (χ2v) is 7.15. The molecular formula is C17H30ClNO. The van der Waals surface area contributed by atoms with Gasteiger partial charge in [-0.25, -0.2) is 0 Å². The Bertz CT molecular complexity index is 299. The van der Waals surface area contributed by atoms with Gasteiger partial charge in [0.2, 0.25) is 5.91 Å². The second kappa shape index (κ2) is 8.26. The number of hydrogen-bond acceptors (Lipinski definition) is 1. The molecular weight excluding hydrogens is 270 g/mol. The van der Waals surface area contributed by atoms with Crippen LogP contribution in [0.1, 0.15) is 64.7 Å². The summed E-state index contributed by atoms with van der Waals surface area (Å²) in [6, 6.07) is 0. The molecule has 1 aliphatic carbocycles. The fourth-order valence-electron chi connectivity index (χ4n) is 3.87. The lowest BCUT2D eigenvalue weighted by Crippen LogP contribution is -2.36. The first kappa shape index (κ1) is 16.1. The van der Waals surface area contributed by atoms with E-state index in [0.29, 0.717) is 17.7 Å². The Morgan fingerprint density at radius 1 is 1.10 bits per heavy atom. The molecule has 3 heteroatoms. The molecule has 1 unspecified atom stereocenters. The van der Waals surface area contributed by atoms with Gasteiger partial charge in [0.1, 0.15) is 0 Å². The predicted molar refractivity (Wildman–Crippen MR) is 85.0 cm³/mol. The highest BCUT2D eigenvalue weighted by Crippen LogP contribution is 2.34. The molecule has 0 radical (unpaired) electrons. The maximum Gasteiger partial charge on any atom is 0.225 e. The fourth-order valence-corrected chi connectivity index (χ4v) is 4.18. The highest BCUT2D eigenvalue weighted by Gasteiger charge is 2.32. The minimum absolute atomic E-state index is 0.322. The van der Waals surface area contributed by atoms with Crippen molar-refractivity contribution in [3.63, 3.8) is 0 Å². The number of amides is 1. The van der Waals surface area contributed by atoms with E-state index in [-0.39, 0.29) is 0 Å². The van der Waals surface area contributed by atoms with Crippen molar-refractivity contribution >= 4 is 17.5 Å². The van der Waals surface area contributed by atoms with Crippen molar-refractivity contribution < 1.29 is 4.79 Å². The molecule has 0 bridgehead atoms. The van der Waals surface area contributed by atoms with Gasteiger partial charge in [0.05, 0.1) is 0 Å². The SMILES string of the molecule is CCCCC1CCC(C(=O)N2CCC(CCCl)C2)CC1. The van der Waals surface area contributed by atoms with E-state index in [0.717, 1.165) is 50.6 Å². The van der Waals surface area contributed by atoms with Gasteiger partial charge in [-0.2, -0.15) is 0 Å². The summed E-state index contributed by atoms with van der Waals surface area (Å²) in [4.78, 5) is 14.7. The van der Waals surface area contributed by atoms with Gasteiger partial charge in [0.25, 0.3) is 0 Å². The van der Waals surface area contributed by atoms with Crippen LogP contribution in [-0.2, 0) is 4.79 Å². The summed E-state index contributed by atoms with van der Waals surface area (Å²) >= 11 is 5.81. The van der Waals surface area contributed by atoms with Gasteiger partial charge in [-0.15, -0.1) is 11.6 Å². The standard InChI is InChI=1S/C17H30ClNO/c1-2-3-4-14-5-7-16(8-6-14)17(20)19-12-10-15(13-19)9-11-18/h14-16H,2-13H2,1H3. The quantitative estimate of drug-likeness (QED) is 0.663. The summed E-state index contributed by atoms with van der Waals surface area (Å²) in [6.45, 7) is 4.19. The van der Waals surface area contributed by atoms with Crippen LogP contribution < -0.4 is 0 Å². The molecule has 1 amide bonds. The number of halogens is 1. The van der Waals surface area contributed by atoms with Crippen molar-refractivity contribution in [1.82, 2.24) is 4.90 Å². The molecule has 20 heavy (non-hydrogen) atoms. The van der Waals surface area contributed by atoms with E-state index in [4.69, 9.17) is 11.6 Å². The third kappa shape index (κ3) is 4.38. The first-order valence-electron chi connectivity index (χ1n) is 8.59. The molecule has 0 aromatic carbocycles. The van der Waals surface area contributed by atoms with Crippen LogP contribution in [0.25, 0.3) is 0 Å². The number of alkyl halides is 1. The van der Waals surface area contributed by atoms with Crippen molar-refractivity contribution in [2.45, 2.75) is 64.7 Å². The van der Waals surface area contributed by atoms with Crippen molar-refractivity contribution in [3.8, 4) is 0 Å². The maximum absolute atomic E-state index is 12.6. The monoisotopic (exact) mass is 299 g/mol. The van der Waals surface area contributed by atoms with Gasteiger partial charge in [-0.1, -0.05) is 26.2 Å². The van der Waals surface area contributed by atoms with Crippen LogP contribution in [0, 0.1) is 17.8 Å². The second-order valence-electron chi connectivity index (χ2n) is 6.78. The smallest absolute Gasteiger partial charge is 0.225 e. The van der Waals surface area contributed by atoms with Gasteiger partial charge < -0.3 is 4.90 Å². The van der Waals surface area contributed by atoms with Gasteiger partial charge in [-0.05, 0) is 50.4 Å². The van der Waals surface area contributed by atoms with Gasteiger partial charge in [0.15, 0.2) is 0 Å². The van der Waals surface area contributed by atoms with Gasteiger partial charge in [0, 0.05) is 24.9 Å². The summed E-state index contributed by atoms with van der Waals surface area (Å²) < 4.78 is 0. The van der Waals surface area contributed by atoms with E-state index in [1.54, 1.807) is 0 Å². The van der Waals surface area contributed by atoms with Crippen LogP contribution in [0.3, 0.4) is 0 Å². The summed E-state index contributed by atoms with van der Waals surface area (Å²) in [7, 11) is 0. The molecule has 0 aromatic rings. The molecule has 2 fully saturated rings. The van der Waals surface area contributed by atoms with Crippen molar-refractivity contribution in [1.29, 1.82) is 0 Å². The van der Waals surface area contributed by atoms with E-state index >= 15 is 0 Å². The third-order valence-corrected chi connectivity index (χ3v) is 5.50. The van der Waals surface area contributed by atoms with Crippen molar-refractivity contribution in [2.24, 2.45) is 17.8 Å². The summed E-state index contributed by atoms with van der Waals surface area (Å²) in [5, 5.41) is 0. The number of rotatable bonds is 6. The minimum atomic E-state index is 0.322. The number of hydrogen-bond donors (Lipinski definition) is 0. The maximum atomic E-state index is 12.6. The lowest BCUT2D eigenvalue weighted by molar-refractivity contribution is -0.135. The van der Waals surface area contributed by atoms with E-state index in [9.17, 15) is 4.79 Å². The van der Waals surface area contributed by atoms with Crippen LogP contribution in [0.5, 0.6) is 0 Å². The van der Waals surface area contributed by atoms with Crippen LogP contribution in [0.4, 0.5) is 0 Å². The molecule has 2 rings (SSSR count). The molecule has 0 spiro atoms. The number of nitrogens with zero attached hydrogens (tertiary/aromatic N) is 1. The molecule has 0 aromatic heterocycles. The predicted octanol–water partition coefficient (Wildman–Crippen LogP) is 4.46. The molecule has 1 saturated carbocycles. The number of likely N-dealkylation sites (tertiary alicyclic amines) is 1. The van der Waals surface area contributed by atoms with Gasteiger partial charge in [-0.3, -0.25) is 4.79 Å². The summed E-state index contributed by atoms with van der Waals surface area (Å²) in [5.41, 5.74) is 0. The van der Waals surface area contributed by atoms with Crippen LogP contribution >= 0.6 is 11.6 Å². The third-order valence-electron chi connectivity index (χ3n) is 5.28. The molecule has 116 valence electrons. The van der Waals surface area contributed by atoms with E-state index < -0.39 is 0 Å². The number of unbranched alkanes of at least 4 members (excludes halogenated alkanes) is 1. The first-order valence-corrected chi connectivity index (χ1v) is 9.12. The summed E-state index contributed by atoms with van der Waals surface area (Å²) in [6.07, 6.45) is 11.1. The van der Waals surface area contributed by atoms with Crippen LogP contribution in [0.2, 0.25) is 0 Å². The van der Waals surface area contributed by atoms with E-state index in [2.05, 4.69) is 11.8 Å². The fraction of sp³-hybridized carbons (Fsp3) is 0.941. The van der Waals surface area contributed by atoms with Crippen LogP contribution in [-0.4, -0.2) is 29.8 Å². The highest BCUT2D eigenvalue weighted by molar-refractivity contribution is 6.17. The lowest BCUT2D eigenvalue weighted by Gasteiger charge is -2.30. The molecule has 1 atom stereocenters. The Hall–Kier alpha value is -0.240. The Balaban J connectivity index is 1.72. The lowest BCUT2D eigenvalue weighted by atomic mass is 9.79. The average Bonchev–Trinajstić information content (AvgIpc) is 2.94. The highest BCUT2D eigenvalue weighted by atomic mass is 35.5. The number of carbonyl (C=O) groups excluding carboxylic acids is 1. The molecule has 1 heterocycles. The Labute approximate surface area is 129 Å². The average molecular weight is 300 g/mol. The number of carbonyl (C=O) groups is 1. The molecule has 0 N–H and O–H groups in total. The zero-order chi connectivity index (χ0) is 14.4. The zero-order valence-corrected chi connectivity index (χ0v) is 13.7. The first-order chi connectivity index (χ1) is 9.74.